The second kappa shape index (κ2) is 5.72. The zero-order valence-corrected chi connectivity index (χ0v) is 9.17. The Hall–Kier alpha value is -0.0800. The third-order valence-corrected chi connectivity index (χ3v) is 3.51. The van der Waals surface area contributed by atoms with Crippen LogP contribution in [0.2, 0.25) is 0 Å². The topological polar surface area (TPSA) is 15.3 Å². The molecule has 0 bridgehead atoms. The van der Waals surface area contributed by atoms with Crippen molar-refractivity contribution in [1.82, 2.24) is 10.2 Å². The highest BCUT2D eigenvalue weighted by molar-refractivity contribution is 4.88. The lowest BCUT2D eigenvalue weighted by Gasteiger charge is -2.35. The van der Waals surface area contributed by atoms with E-state index in [1.807, 2.05) is 0 Å². The molecule has 0 aromatic carbocycles. The van der Waals surface area contributed by atoms with Gasteiger partial charge in [0.05, 0.1) is 0 Å². The minimum atomic E-state index is 0.789. The summed E-state index contributed by atoms with van der Waals surface area (Å²) in [4.78, 5) is 2.67. The van der Waals surface area contributed by atoms with E-state index in [1.54, 1.807) is 0 Å². The SMILES string of the molecule is [CH]1CCCCCCC1N1CCNCC1. The van der Waals surface area contributed by atoms with Crippen LogP contribution in [0.15, 0.2) is 0 Å². The molecule has 1 aliphatic carbocycles. The molecule has 1 heterocycles. The molecule has 0 aromatic rings. The van der Waals surface area contributed by atoms with Gasteiger partial charge in [0, 0.05) is 32.2 Å². The summed E-state index contributed by atoms with van der Waals surface area (Å²) in [6, 6.07) is 0.789. The van der Waals surface area contributed by atoms with Gasteiger partial charge in [0.15, 0.2) is 0 Å². The lowest BCUT2D eigenvalue weighted by atomic mass is 9.95. The lowest BCUT2D eigenvalue weighted by Crippen LogP contribution is -2.48. The minimum Gasteiger partial charge on any atom is -0.314 e. The van der Waals surface area contributed by atoms with Crippen molar-refractivity contribution in [2.75, 3.05) is 26.2 Å². The van der Waals surface area contributed by atoms with Gasteiger partial charge >= 0.3 is 0 Å². The summed E-state index contributed by atoms with van der Waals surface area (Å²) in [7, 11) is 0. The Morgan fingerprint density at radius 2 is 1.79 bits per heavy atom. The molecule has 2 fully saturated rings. The molecule has 2 nitrogen and oxygen atoms in total. The molecule has 0 spiro atoms. The van der Waals surface area contributed by atoms with E-state index in [4.69, 9.17) is 0 Å². The molecule has 1 aliphatic heterocycles. The highest BCUT2D eigenvalue weighted by atomic mass is 15.2. The summed E-state index contributed by atoms with van der Waals surface area (Å²) in [5.74, 6) is 0. The molecule has 1 saturated carbocycles. The number of hydrogen-bond acceptors (Lipinski definition) is 2. The Kier molecular flexibility index (Phi) is 4.26. The Bertz CT molecular complexity index is 144. The van der Waals surface area contributed by atoms with Crippen LogP contribution < -0.4 is 5.32 Å². The Morgan fingerprint density at radius 1 is 1.00 bits per heavy atom. The van der Waals surface area contributed by atoms with Gasteiger partial charge in [-0.25, -0.2) is 0 Å². The fourth-order valence-electron chi connectivity index (χ4n) is 2.62. The van der Waals surface area contributed by atoms with Gasteiger partial charge in [-0.05, 0) is 19.3 Å². The van der Waals surface area contributed by atoms with Gasteiger partial charge in [-0.15, -0.1) is 0 Å². The van der Waals surface area contributed by atoms with E-state index in [9.17, 15) is 0 Å². The van der Waals surface area contributed by atoms with Crippen LogP contribution in [-0.4, -0.2) is 37.1 Å². The van der Waals surface area contributed by atoms with E-state index in [1.165, 1.54) is 64.7 Å². The van der Waals surface area contributed by atoms with E-state index < -0.39 is 0 Å². The Morgan fingerprint density at radius 3 is 2.64 bits per heavy atom. The Labute approximate surface area is 88.1 Å². The fraction of sp³-hybridized carbons (Fsp3) is 0.917. The number of hydrogen-bond donors (Lipinski definition) is 1. The molecule has 2 heteroatoms. The van der Waals surface area contributed by atoms with Crippen LogP contribution >= 0.6 is 0 Å². The van der Waals surface area contributed by atoms with Crippen molar-refractivity contribution in [3.63, 3.8) is 0 Å². The summed E-state index contributed by atoms with van der Waals surface area (Å²) < 4.78 is 0. The summed E-state index contributed by atoms with van der Waals surface area (Å²) in [6.07, 6.45) is 11.1. The molecular formula is C12H23N2. The van der Waals surface area contributed by atoms with Crippen molar-refractivity contribution in [3.8, 4) is 0 Å². The Balaban J connectivity index is 1.80. The van der Waals surface area contributed by atoms with Crippen LogP contribution in [0, 0.1) is 6.42 Å². The van der Waals surface area contributed by atoms with Crippen molar-refractivity contribution in [1.29, 1.82) is 0 Å². The van der Waals surface area contributed by atoms with E-state index in [0.29, 0.717) is 0 Å². The van der Waals surface area contributed by atoms with E-state index in [0.717, 1.165) is 6.04 Å². The van der Waals surface area contributed by atoms with Crippen molar-refractivity contribution in [2.24, 2.45) is 0 Å². The second-order valence-electron chi connectivity index (χ2n) is 4.58. The van der Waals surface area contributed by atoms with Gasteiger partial charge in [-0.1, -0.05) is 25.7 Å². The minimum absolute atomic E-state index is 0.789. The predicted octanol–water partition coefficient (Wildman–Crippen LogP) is 1.82. The van der Waals surface area contributed by atoms with Crippen molar-refractivity contribution >= 4 is 0 Å². The van der Waals surface area contributed by atoms with Crippen LogP contribution in [-0.2, 0) is 0 Å². The first-order valence-corrected chi connectivity index (χ1v) is 6.25. The van der Waals surface area contributed by atoms with E-state index in [2.05, 4.69) is 16.6 Å². The van der Waals surface area contributed by atoms with Gasteiger partial charge in [0.2, 0.25) is 0 Å². The average molecular weight is 195 g/mol. The standard InChI is InChI=1S/C12H23N2/c1-2-4-6-12(7-5-3-1)14-10-8-13-9-11-14/h6,12-13H,1-5,7-11H2. The van der Waals surface area contributed by atoms with Gasteiger partial charge in [0.25, 0.3) is 0 Å². The van der Waals surface area contributed by atoms with Gasteiger partial charge in [0.1, 0.15) is 0 Å². The quantitative estimate of drug-likeness (QED) is 0.686. The third kappa shape index (κ3) is 2.96. The van der Waals surface area contributed by atoms with Gasteiger partial charge < -0.3 is 5.32 Å². The number of nitrogens with one attached hydrogen (secondary N) is 1. The first-order chi connectivity index (χ1) is 6.97. The van der Waals surface area contributed by atoms with Crippen molar-refractivity contribution in [3.05, 3.63) is 6.42 Å². The molecule has 1 unspecified atom stereocenters. The summed E-state index contributed by atoms with van der Waals surface area (Å²) >= 11 is 0. The number of nitrogens with zero attached hydrogens (tertiary/aromatic N) is 1. The first-order valence-electron chi connectivity index (χ1n) is 6.25. The van der Waals surface area contributed by atoms with E-state index in [-0.39, 0.29) is 0 Å². The number of piperazine rings is 1. The maximum absolute atomic E-state index is 3.43. The smallest absolute Gasteiger partial charge is 0.0128 e. The monoisotopic (exact) mass is 195 g/mol. The van der Waals surface area contributed by atoms with Gasteiger partial charge in [-0.2, -0.15) is 0 Å². The zero-order chi connectivity index (χ0) is 9.64. The van der Waals surface area contributed by atoms with Crippen molar-refractivity contribution < 1.29 is 0 Å². The number of rotatable bonds is 1. The fourth-order valence-corrected chi connectivity index (χ4v) is 2.62. The van der Waals surface area contributed by atoms with Crippen LogP contribution in [0.4, 0.5) is 0 Å². The lowest BCUT2D eigenvalue weighted by molar-refractivity contribution is 0.175. The van der Waals surface area contributed by atoms with Gasteiger partial charge in [-0.3, -0.25) is 4.90 Å². The molecule has 2 aliphatic rings. The molecule has 81 valence electrons. The molecule has 1 atom stereocenters. The maximum Gasteiger partial charge on any atom is 0.0128 e. The largest absolute Gasteiger partial charge is 0.314 e. The molecule has 14 heavy (non-hydrogen) atoms. The molecule has 2 rings (SSSR count). The molecule has 1 saturated heterocycles. The summed E-state index contributed by atoms with van der Waals surface area (Å²) in [5.41, 5.74) is 0. The normalized spacial score (nSPS) is 28.3. The maximum atomic E-state index is 3.43. The second-order valence-corrected chi connectivity index (χ2v) is 4.58. The average Bonchev–Trinajstić information content (AvgIpc) is 2.18. The molecular weight excluding hydrogens is 172 g/mol. The van der Waals surface area contributed by atoms with Crippen LogP contribution in [0.1, 0.15) is 38.5 Å². The first kappa shape index (κ1) is 10.4. The van der Waals surface area contributed by atoms with Crippen LogP contribution in [0.25, 0.3) is 0 Å². The highest BCUT2D eigenvalue weighted by Gasteiger charge is 2.20. The van der Waals surface area contributed by atoms with Crippen LogP contribution in [0.3, 0.4) is 0 Å². The zero-order valence-electron chi connectivity index (χ0n) is 9.17. The molecule has 0 amide bonds. The summed E-state index contributed by atoms with van der Waals surface area (Å²) in [6.45, 7) is 4.87. The highest BCUT2D eigenvalue weighted by Crippen LogP contribution is 2.20. The summed E-state index contributed by atoms with van der Waals surface area (Å²) in [5, 5.41) is 3.43. The molecule has 0 aromatic heterocycles. The predicted molar refractivity (Wildman–Crippen MR) is 60.2 cm³/mol. The van der Waals surface area contributed by atoms with Crippen LogP contribution in [0.5, 0.6) is 0 Å². The van der Waals surface area contributed by atoms with E-state index >= 15 is 0 Å². The van der Waals surface area contributed by atoms with Crippen molar-refractivity contribution in [2.45, 2.75) is 44.6 Å². The molecule has 1 radical (unpaired) electrons. The molecule has 1 N–H and O–H groups in total. The third-order valence-electron chi connectivity index (χ3n) is 3.51.